The Morgan fingerprint density at radius 3 is 2.12 bits per heavy atom. The molecule has 4 aromatic carbocycles. The SMILES string of the molecule is O=C(Cc1cccc(Br)c1)N(CCCc1ccccc1)Cc1cccc(-c2cccc(C(=O)N3CCC(CCCC4CCNCC4)CC3)c2)c1. The van der Waals surface area contributed by atoms with E-state index < -0.39 is 0 Å². The van der Waals surface area contributed by atoms with Crippen LogP contribution in [0.4, 0.5) is 0 Å². The molecule has 5 nitrogen and oxygen atoms in total. The van der Waals surface area contributed by atoms with Crippen LogP contribution in [0.5, 0.6) is 0 Å². The van der Waals surface area contributed by atoms with Gasteiger partial charge in [0.05, 0.1) is 6.42 Å². The quantitative estimate of drug-likeness (QED) is 0.141. The molecule has 0 saturated carbocycles. The third-order valence-corrected chi connectivity index (χ3v) is 11.2. The third-order valence-electron chi connectivity index (χ3n) is 10.7. The number of likely N-dealkylation sites (tertiary alicyclic amines) is 1. The fourth-order valence-electron chi connectivity index (χ4n) is 7.72. The molecule has 1 N–H and O–H groups in total. The summed E-state index contributed by atoms with van der Waals surface area (Å²) >= 11 is 3.55. The number of hydrogen-bond acceptors (Lipinski definition) is 3. The predicted octanol–water partition coefficient (Wildman–Crippen LogP) is 9.34. The van der Waals surface area contributed by atoms with E-state index in [1.54, 1.807) is 0 Å². The van der Waals surface area contributed by atoms with Crippen molar-refractivity contribution in [1.82, 2.24) is 15.1 Å². The molecule has 0 bridgehead atoms. The Balaban J connectivity index is 1.07. The van der Waals surface area contributed by atoms with Crippen molar-refractivity contribution in [3.05, 3.63) is 130 Å². The van der Waals surface area contributed by atoms with Crippen LogP contribution in [-0.2, 0) is 24.2 Å². The third kappa shape index (κ3) is 10.6. The van der Waals surface area contributed by atoms with Crippen LogP contribution in [0.15, 0.2) is 108 Å². The van der Waals surface area contributed by atoms with Crippen LogP contribution in [0.1, 0.15) is 78.4 Å². The van der Waals surface area contributed by atoms with Gasteiger partial charge in [-0.25, -0.2) is 0 Å². The van der Waals surface area contributed by atoms with Crippen LogP contribution >= 0.6 is 15.9 Å². The summed E-state index contributed by atoms with van der Waals surface area (Å²) in [5, 5.41) is 3.48. The zero-order valence-electron chi connectivity index (χ0n) is 29.4. The topological polar surface area (TPSA) is 52.7 Å². The fourth-order valence-corrected chi connectivity index (χ4v) is 8.16. The van der Waals surface area contributed by atoms with Crippen molar-refractivity contribution in [1.29, 1.82) is 0 Å². The van der Waals surface area contributed by atoms with Gasteiger partial charge in [0.2, 0.25) is 5.91 Å². The monoisotopic (exact) mass is 733 g/mol. The number of piperidine rings is 2. The molecule has 4 aromatic rings. The molecule has 0 aliphatic carbocycles. The van der Waals surface area contributed by atoms with E-state index >= 15 is 0 Å². The van der Waals surface area contributed by atoms with Gasteiger partial charge in [-0.1, -0.05) is 108 Å². The lowest BCUT2D eigenvalue weighted by Gasteiger charge is -2.32. The minimum absolute atomic E-state index is 0.125. The molecule has 262 valence electrons. The van der Waals surface area contributed by atoms with Gasteiger partial charge in [0.1, 0.15) is 0 Å². The van der Waals surface area contributed by atoms with Crippen LogP contribution < -0.4 is 5.32 Å². The number of carbonyl (C=O) groups is 2. The minimum Gasteiger partial charge on any atom is -0.339 e. The second-order valence-corrected chi connectivity index (χ2v) is 15.3. The van der Waals surface area contributed by atoms with Gasteiger partial charge in [0.25, 0.3) is 5.91 Å². The second kappa shape index (κ2) is 18.5. The molecule has 50 heavy (non-hydrogen) atoms. The van der Waals surface area contributed by atoms with Crippen molar-refractivity contribution in [3.63, 3.8) is 0 Å². The first-order valence-electron chi connectivity index (χ1n) is 18.8. The number of benzene rings is 4. The number of nitrogens with zero attached hydrogens (tertiary/aromatic N) is 2. The Bertz CT molecular complexity index is 1680. The average molecular weight is 735 g/mol. The maximum absolute atomic E-state index is 13.7. The minimum atomic E-state index is 0.125. The van der Waals surface area contributed by atoms with E-state index in [0.29, 0.717) is 19.5 Å². The molecule has 0 radical (unpaired) electrons. The summed E-state index contributed by atoms with van der Waals surface area (Å²) in [5.74, 6) is 1.91. The first-order chi connectivity index (χ1) is 24.5. The van der Waals surface area contributed by atoms with Gasteiger partial charge in [0.15, 0.2) is 0 Å². The molecule has 0 aromatic heterocycles. The lowest BCUT2D eigenvalue weighted by Crippen LogP contribution is -2.38. The summed E-state index contributed by atoms with van der Waals surface area (Å²) < 4.78 is 0.981. The molecule has 2 fully saturated rings. The van der Waals surface area contributed by atoms with Gasteiger partial charge < -0.3 is 15.1 Å². The smallest absolute Gasteiger partial charge is 0.253 e. The summed E-state index contributed by atoms with van der Waals surface area (Å²) in [6.45, 7) is 5.29. The largest absolute Gasteiger partial charge is 0.339 e. The standard InChI is InChI=1S/C44H52BrN3O2/c45-42-19-6-13-37(30-42)31-43(49)48(26-8-15-34-9-2-1-3-10-34)33-38-14-5-16-39(29-38)40-17-7-18-41(32-40)44(50)47-27-22-36(23-28-47)12-4-11-35-20-24-46-25-21-35/h1-3,5-7,9-10,13-14,16-19,29-30,32,35-36,46H,4,8,11-12,15,20-28,31,33H2. The fraction of sp³-hybridized carbons (Fsp3) is 0.409. The molecule has 6 rings (SSSR count). The normalized spacial score (nSPS) is 15.6. The van der Waals surface area contributed by atoms with Crippen molar-refractivity contribution in [2.45, 2.75) is 70.8 Å². The maximum Gasteiger partial charge on any atom is 0.253 e. The number of rotatable bonds is 14. The molecular formula is C44H52BrN3O2. The first-order valence-corrected chi connectivity index (χ1v) is 19.5. The molecule has 6 heteroatoms. The number of halogens is 1. The highest BCUT2D eigenvalue weighted by atomic mass is 79.9. The van der Waals surface area contributed by atoms with Crippen LogP contribution in [-0.4, -0.2) is 54.3 Å². The Labute approximate surface area is 307 Å². The Morgan fingerprint density at radius 2 is 1.36 bits per heavy atom. The molecule has 0 unspecified atom stereocenters. The molecule has 2 amide bonds. The maximum atomic E-state index is 13.7. The van der Waals surface area contributed by atoms with Gasteiger partial charge in [-0.3, -0.25) is 9.59 Å². The molecule has 2 heterocycles. The van der Waals surface area contributed by atoms with Crippen molar-refractivity contribution < 1.29 is 9.59 Å². The predicted molar refractivity (Wildman–Crippen MR) is 208 cm³/mol. The Hall–Kier alpha value is -3.74. The van der Waals surface area contributed by atoms with Crippen molar-refractivity contribution in [2.24, 2.45) is 11.8 Å². The summed E-state index contributed by atoms with van der Waals surface area (Å²) in [6, 6.07) is 35.0. The van der Waals surface area contributed by atoms with Crippen LogP contribution in [0.25, 0.3) is 11.1 Å². The molecule has 0 atom stereocenters. The van der Waals surface area contributed by atoms with Gasteiger partial charge in [-0.05, 0) is 122 Å². The van der Waals surface area contributed by atoms with Gasteiger partial charge in [-0.2, -0.15) is 0 Å². The highest BCUT2D eigenvalue weighted by Gasteiger charge is 2.24. The average Bonchev–Trinajstić information content (AvgIpc) is 3.15. The number of hydrogen-bond donors (Lipinski definition) is 1. The summed E-state index contributed by atoms with van der Waals surface area (Å²) in [6.07, 6.45) is 11.1. The van der Waals surface area contributed by atoms with Crippen LogP contribution in [0.3, 0.4) is 0 Å². The second-order valence-electron chi connectivity index (χ2n) is 14.4. The van der Waals surface area contributed by atoms with E-state index in [9.17, 15) is 9.59 Å². The van der Waals surface area contributed by atoms with Crippen molar-refractivity contribution >= 4 is 27.7 Å². The molecule has 0 spiro atoms. The van der Waals surface area contributed by atoms with Crippen molar-refractivity contribution in [2.75, 3.05) is 32.7 Å². The van der Waals surface area contributed by atoms with Gasteiger partial charge >= 0.3 is 0 Å². The number of carbonyl (C=O) groups excluding carboxylic acids is 2. The number of nitrogens with one attached hydrogen (secondary N) is 1. The molecule has 2 saturated heterocycles. The van der Waals surface area contributed by atoms with E-state index in [0.717, 1.165) is 82.9 Å². The Kier molecular flexibility index (Phi) is 13.3. The van der Waals surface area contributed by atoms with E-state index in [1.165, 1.54) is 50.8 Å². The lowest BCUT2D eigenvalue weighted by atomic mass is 9.87. The Morgan fingerprint density at radius 1 is 0.700 bits per heavy atom. The lowest BCUT2D eigenvalue weighted by molar-refractivity contribution is -0.131. The van der Waals surface area contributed by atoms with Gasteiger partial charge in [-0.15, -0.1) is 0 Å². The summed E-state index contributed by atoms with van der Waals surface area (Å²) in [5.41, 5.74) is 6.22. The molecular weight excluding hydrogens is 682 g/mol. The zero-order chi connectivity index (χ0) is 34.5. The van der Waals surface area contributed by atoms with Crippen molar-refractivity contribution in [3.8, 4) is 11.1 Å². The van der Waals surface area contributed by atoms with E-state index in [2.05, 4.69) is 80.7 Å². The van der Waals surface area contributed by atoms with E-state index in [-0.39, 0.29) is 11.8 Å². The number of aryl methyl sites for hydroxylation is 1. The number of amides is 2. The van der Waals surface area contributed by atoms with E-state index in [4.69, 9.17) is 0 Å². The summed E-state index contributed by atoms with van der Waals surface area (Å²) in [7, 11) is 0. The van der Waals surface area contributed by atoms with Crippen LogP contribution in [0.2, 0.25) is 0 Å². The first kappa shape index (κ1) is 36.1. The highest BCUT2D eigenvalue weighted by Crippen LogP contribution is 2.28. The highest BCUT2D eigenvalue weighted by molar-refractivity contribution is 9.10. The molecule has 2 aliphatic rings. The van der Waals surface area contributed by atoms with Crippen LogP contribution in [0, 0.1) is 11.8 Å². The zero-order valence-corrected chi connectivity index (χ0v) is 31.0. The summed E-state index contributed by atoms with van der Waals surface area (Å²) in [4.78, 5) is 31.4. The van der Waals surface area contributed by atoms with Gasteiger partial charge in [0, 0.05) is 36.2 Å². The van der Waals surface area contributed by atoms with E-state index in [1.807, 2.05) is 53.4 Å². The molecule has 2 aliphatic heterocycles.